The van der Waals surface area contributed by atoms with Crippen LogP contribution in [0.3, 0.4) is 0 Å². The highest BCUT2D eigenvalue weighted by atomic mass is 32.1. The molecule has 0 spiro atoms. The summed E-state index contributed by atoms with van der Waals surface area (Å²) < 4.78 is 61.3. The number of ether oxygens (including phenoxy) is 2. The molecular weight excluding hydrogens is 380 g/mol. The standard InChI is InChI=1S/C15H12F4N2O4S/c1-2-24-13(23)11-12(15(17,18)19)21-14(26-11)20-10(22)7-25-9-5-3-8(16)4-6-9/h3-6H,2,7H2,1H3,(H,20,21,22). The van der Waals surface area contributed by atoms with Crippen molar-refractivity contribution in [2.24, 2.45) is 0 Å². The molecule has 11 heteroatoms. The molecule has 0 saturated carbocycles. The van der Waals surface area contributed by atoms with Gasteiger partial charge in [-0.15, -0.1) is 0 Å². The van der Waals surface area contributed by atoms with Gasteiger partial charge in [-0.2, -0.15) is 13.2 Å². The first-order valence-electron chi connectivity index (χ1n) is 7.14. The topological polar surface area (TPSA) is 77.5 Å². The van der Waals surface area contributed by atoms with Crippen molar-refractivity contribution in [1.82, 2.24) is 4.98 Å². The Morgan fingerprint density at radius 1 is 1.23 bits per heavy atom. The number of alkyl halides is 3. The van der Waals surface area contributed by atoms with Gasteiger partial charge in [0.15, 0.2) is 17.4 Å². The predicted molar refractivity (Wildman–Crippen MR) is 83.6 cm³/mol. The molecule has 2 rings (SSSR count). The number of carbonyl (C=O) groups excluding carboxylic acids is 2. The number of aromatic nitrogens is 1. The fourth-order valence-electron chi connectivity index (χ4n) is 1.74. The number of rotatable bonds is 6. The number of amides is 1. The quantitative estimate of drug-likeness (QED) is 0.602. The minimum absolute atomic E-state index is 0.110. The van der Waals surface area contributed by atoms with Crippen molar-refractivity contribution in [3.05, 3.63) is 40.7 Å². The third-order valence-corrected chi connectivity index (χ3v) is 3.74. The van der Waals surface area contributed by atoms with Crippen LogP contribution in [0.25, 0.3) is 0 Å². The molecule has 0 bridgehead atoms. The molecule has 1 amide bonds. The maximum atomic E-state index is 13.0. The molecule has 0 aliphatic heterocycles. The maximum Gasteiger partial charge on any atom is 0.435 e. The molecule has 0 fully saturated rings. The zero-order valence-corrected chi connectivity index (χ0v) is 14.0. The van der Waals surface area contributed by atoms with E-state index in [9.17, 15) is 27.2 Å². The normalized spacial score (nSPS) is 11.1. The van der Waals surface area contributed by atoms with Gasteiger partial charge >= 0.3 is 12.1 Å². The van der Waals surface area contributed by atoms with E-state index >= 15 is 0 Å². The van der Waals surface area contributed by atoms with E-state index < -0.39 is 46.2 Å². The molecule has 1 N–H and O–H groups in total. The molecule has 140 valence electrons. The highest BCUT2D eigenvalue weighted by molar-refractivity contribution is 7.17. The Labute approximate surface area is 148 Å². The molecule has 1 aromatic carbocycles. The minimum Gasteiger partial charge on any atom is -0.484 e. The van der Waals surface area contributed by atoms with Crippen molar-refractivity contribution in [3.63, 3.8) is 0 Å². The summed E-state index contributed by atoms with van der Waals surface area (Å²) >= 11 is 0.344. The number of hydrogen-bond acceptors (Lipinski definition) is 6. The highest BCUT2D eigenvalue weighted by Crippen LogP contribution is 2.36. The maximum absolute atomic E-state index is 13.0. The molecule has 1 aromatic heterocycles. The number of carbonyl (C=O) groups is 2. The van der Waals surface area contributed by atoms with Crippen LogP contribution in [-0.4, -0.2) is 30.1 Å². The number of benzene rings is 1. The average Bonchev–Trinajstić information content (AvgIpc) is 2.99. The second-order valence-electron chi connectivity index (χ2n) is 4.71. The fourth-order valence-corrected chi connectivity index (χ4v) is 2.63. The van der Waals surface area contributed by atoms with E-state index in [4.69, 9.17) is 4.74 Å². The minimum atomic E-state index is -4.88. The van der Waals surface area contributed by atoms with Crippen LogP contribution in [0.15, 0.2) is 24.3 Å². The van der Waals surface area contributed by atoms with E-state index in [-0.39, 0.29) is 12.4 Å². The van der Waals surface area contributed by atoms with Gasteiger partial charge in [0.2, 0.25) is 0 Å². The Kier molecular flexibility index (Phi) is 6.14. The molecule has 2 aromatic rings. The molecular formula is C15H12F4N2O4S. The van der Waals surface area contributed by atoms with E-state index in [1.165, 1.54) is 19.1 Å². The lowest BCUT2D eigenvalue weighted by Gasteiger charge is -2.05. The lowest BCUT2D eigenvalue weighted by molar-refractivity contribution is -0.141. The van der Waals surface area contributed by atoms with Gasteiger partial charge < -0.3 is 9.47 Å². The van der Waals surface area contributed by atoms with Gasteiger partial charge in [-0.3, -0.25) is 10.1 Å². The van der Waals surface area contributed by atoms with E-state index in [1.54, 1.807) is 0 Å². The second-order valence-corrected chi connectivity index (χ2v) is 5.70. The van der Waals surface area contributed by atoms with Crippen LogP contribution in [0, 0.1) is 5.82 Å². The zero-order chi connectivity index (χ0) is 19.3. The average molecular weight is 392 g/mol. The van der Waals surface area contributed by atoms with Crippen LogP contribution in [0.5, 0.6) is 5.75 Å². The summed E-state index contributed by atoms with van der Waals surface area (Å²) in [5.74, 6) is -2.27. The third kappa shape index (κ3) is 5.15. The Morgan fingerprint density at radius 3 is 2.46 bits per heavy atom. The number of nitrogens with zero attached hydrogens (tertiary/aromatic N) is 1. The van der Waals surface area contributed by atoms with E-state index in [0.29, 0.717) is 11.3 Å². The first-order chi connectivity index (χ1) is 12.2. The van der Waals surface area contributed by atoms with Crippen LogP contribution in [-0.2, 0) is 15.7 Å². The highest BCUT2D eigenvalue weighted by Gasteiger charge is 2.40. The van der Waals surface area contributed by atoms with Crippen LogP contribution >= 0.6 is 11.3 Å². The smallest absolute Gasteiger partial charge is 0.435 e. The fraction of sp³-hybridized carbons (Fsp3) is 0.267. The number of anilines is 1. The first-order valence-corrected chi connectivity index (χ1v) is 7.95. The summed E-state index contributed by atoms with van der Waals surface area (Å²) in [6.45, 7) is 0.796. The predicted octanol–water partition coefficient (Wildman–Crippen LogP) is 3.50. The molecule has 0 unspecified atom stereocenters. The number of esters is 1. The number of thiazole rings is 1. The van der Waals surface area contributed by atoms with Gasteiger partial charge in [0.05, 0.1) is 6.61 Å². The SMILES string of the molecule is CCOC(=O)c1sc(NC(=O)COc2ccc(F)cc2)nc1C(F)(F)F. The lowest BCUT2D eigenvalue weighted by Crippen LogP contribution is -2.20. The number of hydrogen-bond donors (Lipinski definition) is 1. The van der Waals surface area contributed by atoms with Crippen molar-refractivity contribution in [3.8, 4) is 5.75 Å². The summed E-state index contributed by atoms with van der Waals surface area (Å²) in [4.78, 5) is 25.9. The summed E-state index contributed by atoms with van der Waals surface area (Å²) in [5, 5.41) is 1.69. The van der Waals surface area contributed by atoms with Crippen molar-refractivity contribution in [2.75, 3.05) is 18.5 Å². The van der Waals surface area contributed by atoms with Crippen molar-refractivity contribution >= 4 is 28.3 Å². The van der Waals surface area contributed by atoms with E-state index in [2.05, 4.69) is 15.0 Å². The molecule has 0 aliphatic carbocycles. The van der Waals surface area contributed by atoms with Crippen LogP contribution in [0.2, 0.25) is 0 Å². The third-order valence-electron chi connectivity index (χ3n) is 2.79. The molecule has 0 radical (unpaired) electrons. The first kappa shape index (κ1) is 19.6. The molecule has 0 saturated heterocycles. The molecule has 1 heterocycles. The van der Waals surface area contributed by atoms with E-state index in [0.717, 1.165) is 12.1 Å². The van der Waals surface area contributed by atoms with Crippen molar-refractivity contribution < 1.29 is 36.6 Å². The lowest BCUT2D eigenvalue weighted by atomic mass is 10.3. The van der Waals surface area contributed by atoms with Gasteiger partial charge in [-0.05, 0) is 31.2 Å². The Morgan fingerprint density at radius 2 is 1.88 bits per heavy atom. The van der Waals surface area contributed by atoms with Crippen LogP contribution in [0.4, 0.5) is 22.7 Å². The summed E-state index contributed by atoms with van der Waals surface area (Å²) in [7, 11) is 0. The largest absolute Gasteiger partial charge is 0.484 e. The summed E-state index contributed by atoms with van der Waals surface area (Å²) in [6.07, 6.45) is -4.88. The van der Waals surface area contributed by atoms with Crippen molar-refractivity contribution in [2.45, 2.75) is 13.1 Å². The van der Waals surface area contributed by atoms with E-state index in [1.807, 2.05) is 0 Å². The Hall–Kier alpha value is -2.69. The summed E-state index contributed by atoms with van der Waals surface area (Å²) in [5.41, 5.74) is -1.43. The Balaban J connectivity index is 2.07. The zero-order valence-electron chi connectivity index (χ0n) is 13.2. The molecule has 26 heavy (non-hydrogen) atoms. The molecule has 0 aliphatic rings. The van der Waals surface area contributed by atoms with Gasteiger partial charge in [0.1, 0.15) is 16.4 Å². The second kappa shape index (κ2) is 8.13. The summed E-state index contributed by atoms with van der Waals surface area (Å²) in [6, 6.07) is 4.81. The van der Waals surface area contributed by atoms with Crippen molar-refractivity contribution in [1.29, 1.82) is 0 Å². The van der Waals surface area contributed by atoms with Gasteiger partial charge in [0, 0.05) is 0 Å². The van der Waals surface area contributed by atoms with Gasteiger partial charge in [0.25, 0.3) is 5.91 Å². The number of halogens is 4. The molecule has 6 nitrogen and oxygen atoms in total. The molecule has 0 atom stereocenters. The van der Waals surface area contributed by atoms with Crippen LogP contribution < -0.4 is 10.1 Å². The monoisotopic (exact) mass is 392 g/mol. The number of nitrogens with one attached hydrogen (secondary N) is 1. The van der Waals surface area contributed by atoms with Gasteiger partial charge in [-0.25, -0.2) is 14.2 Å². The van der Waals surface area contributed by atoms with Gasteiger partial charge in [-0.1, -0.05) is 11.3 Å². The van der Waals surface area contributed by atoms with Crippen LogP contribution in [0.1, 0.15) is 22.3 Å². The Bertz CT molecular complexity index is 790.